The fourth-order valence-electron chi connectivity index (χ4n) is 3.37. The smallest absolute Gasteiger partial charge is 0.396 e. The molecule has 2 heterocycles. The van der Waals surface area contributed by atoms with Crippen LogP contribution in [0.25, 0.3) is 5.82 Å². The van der Waals surface area contributed by atoms with Crippen molar-refractivity contribution in [2.24, 2.45) is 5.41 Å². The molecule has 0 saturated carbocycles. The second kappa shape index (κ2) is 7.70. The monoisotopic (exact) mass is 449 g/mol. The molecule has 0 radical (unpaired) electrons. The van der Waals surface area contributed by atoms with Crippen LogP contribution in [0.5, 0.6) is 0 Å². The molecule has 0 fully saturated rings. The van der Waals surface area contributed by atoms with Crippen molar-refractivity contribution in [3.63, 3.8) is 0 Å². The third-order valence-corrected chi connectivity index (χ3v) is 5.43. The van der Waals surface area contributed by atoms with Crippen LogP contribution in [0.15, 0.2) is 18.6 Å². The van der Waals surface area contributed by atoms with Crippen molar-refractivity contribution in [1.29, 1.82) is 0 Å². The molecule has 0 aliphatic heterocycles. The van der Waals surface area contributed by atoms with E-state index >= 15 is 0 Å². The van der Waals surface area contributed by atoms with Gasteiger partial charge in [0.25, 0.3) is 11.8 Å². The van der Waals surface area contributed by atoms with Gasteiger partial charge in [0.2, 0.25) is 12.0 Å². The Labute approximate surface area is 173 Å². The van der Waals surface area contributed by atoms with Crippen molar-refractivity contribution < 1.29 is 36.6 Å². The molecule has 1 unspecified atom stereocenters. The summed E-state index contributed by atoms with van der Waals surface area (Å²) in [6.07, 6.45) is -2.27. The number of aliphatic hydroxyl groups excluding tert-OH is 1. The van der Waals surface area contributed by atoms with Crippen LogP contribution in [-0.4, -0.2) is 44.6 Å². The molecular formula is C18H20F5N5O3. The predicted octanol–water partition coefficient (Wildman–Crippen LogP) is 2.01. The third kappa shape index (κ3) is 4.05. The zero-order valence-corrected chi connectivity index (χ0v) is 16.6. The second-order valence-electron chi connectivity index (χ2n) is 7.85. The first kappa shape index (κ1) is 22.8. The SMILES string of the molecule is CC(C)(C(CO)NC(=O)c1nn(-c2c[n+]([O-])ccn2)c2c1CCCC2(F)F)C(F)(F)F. The molecule has 1 aliphatic rings. The number of alkyl halides is 5. The Balaban J connectivity index is 2.07. The number of nitrogens with one attached hydrogen (secondary N) is 1. The number of aliphatic hydroxyl groups is 1. The summed E-state index contributed by atoms with van der Waals surface area (Å²) in [6, 6.07) is -1.75. The van der Waals surface area contributed by atoms with Crippen molar-refractivity contribution in [2.45, 2.75) is 51.3 Å². The normalized spacial score (nSPS) is 17.2. The molecule has 3 rings (SSSR count). The maximum atomic E-state index is 14.7. The van der Waals surface area contributed by atoms with Crippen LogP contribution < -0.4 is 10.0 Å². The van der Waals surface area contributed by atoms with Gasteiger partial charge in [-0.05, 0) is 26.7 Å². The summed E-state index contributed by atoms with van der Waals surface area (Å²) in [5, 5.41) is 26.9. The summed E-state index contributed by atoms with van der Waals surface area (Å²) in [7, 11) is 0. The number of halogens is 5. The topological polar surface area (TPSA) is 107 Å². The second-order valence-corrected chi connectivity index (χ2v) is 7.85. The van der Waals surface area contributed by atoms with E-state index in [-0.39, 0.29) is 24.2 Å². The van der Waals surface area contributed by atoms with Crippen molar-refractivity contribution in [3.05, 3.63) is 40.7 Å². The highest BCUT2D eigenvalue weighted by Crippen LogP contribution is 2.43. The van der Waals surface area contributed by atoms with Crippen molar-refractivity contribution >= 4 is 5.91 Å². The molecule has 8 nitrogen and oxygen atoms in total. The van der Waals surface area contributed by atoms with Gasteiger partial charge in [0, 0.05) is 12.0 Å². The highest BCUT2D eigenvalue weighted by Gasteiger charge is 2.53. The molecule has 1 amide bonds. The van der Waals surface area contributed by atoms with E-state index in [0.29, 0.717) is 9.41 Å². The van der Waals surface area contributed by atoms with Crippen LogP contribution in [0.1, 0.15) is 48.4 Å². The van der Waals surface area contributed by atoms with Crippen LogP contribution >= 0.6 is 0 Å². The fraction of sp³-hybridized carbons (Fsp3) is 0.556. The van der Waals surface area contributed by atoms with E-state index in [2.05, 4.69) is 15.4 Å². The molecule has 2 N–H and O–H groups in total. The zero-order valence-electron chi connectivity index (χ0n) is 16.6. The number of hydrogen-bond acceptors (Lipinski definition) is 5. The number of fused-ring (bicyclic) bond motifs is 1. The van der Waals surface area contributed by atoms with Gasteiger partial charge >= 0.3 is 6.18 Å². The summed E-state index contributed by atoms with van der Waals surface area (Å²) >= 11 is 0. The van der Waals surface area contributed by atoms with Gasteiger partial charge in [-0.15, -0.1) is 0 Å². The Morgan fingerprint density at radius 1 is 1.42 bits per heavy atom. The highest BCUT2D eigenvalue weighted by atomic mass is 19.4. The van der Waals surface area contributed by atoms with Gasteiger partial charge in [0.05, 0.1) is 24.3 Å². The zero-order chi connectivity index (χ0) is 23.2. The lowest BCUT2D eigenvalue weighted by atomic mass is 9.83. The van der Waals surface area contributed by atoms with E-state index in [4.69, 9.17) is 0 Å². The Hall–Kier alpha value is -2.83. The predicted molar refractivity (Wildman–Crippen MR) is 95.3 cm³/mol. The lowest BCUT2D eigenvalue weighted by molar-refractivity contribution is -0.605. The molecule has 1 aliphatic carbocycles. The minimum atomic E-state index is -4.75. The maximum Gasteiger partial charge on any atom is 0.396 e. The minimum absolute atomic E-state index is 0.0211. The molecular weight excluding hydrogens is 429 g/mol. The fourth-order valence-corrected chi connectivity index (χ4v) is 3.37. The Morgan fingerprint density at radius 3 is 2.68 bits per heavy atom. The lowest BCUT2D eigenvalue weighted by Gasteiger charge is -2.35. The Bertz CT molecular complexity index is 989. The Morgan fingerprint density at radius 2 is 2.10 bits per heavy atom. The summed E-state index contributed by atoms with van der Waals surface area (Å²) in [5.74, 6) is -4.81. The van der Waals surface area contributed by atoms with Crippen molar-refractivity contribution in [3.8, 4) is 5.82 Å². The van der Waals surface area contributed by atoms with Crippen LogP contribution in [0.2, 0.25) is 0 Å². The van der Waals surface area contributed by atoms with Gasteiger partial charge in [-0.1, -0.05) is 0 Å². The summed E-state index contributed by atoms with van der Waals surface area (Å²) < 4.78 is 70.4. The van der Waals surface area contributed by atoms with Gasteiger partial charge in [-0.25, -0.2) is 9.67 Å². The first-order valence-corrected chi connectivity index (χ1v) is 9.33. The van der Waals surface area contributed by atoms with Gasteiger partial charge in [0.15, 0.2) is 11.9 Å². The van der Waals surface area contributed by atoms with E-state index in [1.165, 1.54) is 0 Å². The van der Waals surface area contributed by atoms with Gasteiger partial charge in [-0.3, -0.25) is 4.79 Å². The Kier molecular flexibility index (Phi) is 5.67. The first-order valence-electron chi connectivity index (χ1n) is 9.33. The standard InChI is InChI=1S/C18H20F5N5O3/c1-16(2,18(21,22)23)11(9-29)25-15(30)13-10-4-3-5-17(19,20)14(10)28(26-13)12-8-27(31)7-6-24-12/h6-8,11,29H,3-5,9H2,1-2H3,(H,25,30). The molecule has 13 heteroatoms. The molecule has 2 aromatic rings. The number of aromatic nitrogens is 4. The van der Waals surface area contributed by atoms with E-state index in [1.807, 2.05) is 0 Å². The van der Waals surface area contributed by atoms with Crippen LogP contribution in [0.4, 0.5) is 22.0 Å². The molecule has 2 aromatic heterocycles. The van der Waals surface area contributed by atoms with Crippen molar-refractivity contribution in [1.82, 2.24) is 20.1 Å². The first-order chi connectivity index (χ1) is 14.3. The summed E-state index contributed by atoms with van der Waals surface area (Å²) in [4.78, 5) is 16.6. The molecule has 0 saturated heterocycles. The van der Waals surface area contributed by atoms with E-state index in [0.717, 1.165) is 32.4 Å². The number of hydrogen-bond donors (Lipinski definition) is 2. The average Bonchev–Trinajstić information content (AvgIpc) is 3.06. The van der Waals surface area contributed by atoms with Gasteiger partial charge in [-0.2, -0.15) is 31.8 Å². The van der Waals surface area contributed by atoms with Crippen LogP contribution in [0.3, 0.4) is 0 Å². The molecule has 0 bridgehead atoms. The van der Waals surface area contributed by atoms with Gasteiger partial charge in [0.1, 0.15) is 5.69 Å². The molecule has 31 heavy (non-hydrogen) atoms. The number of nitrogens with zero attached hydrogens (tertiary/aromatic N) is 4. The van der Waals surface area contributed by atoms with Crippen LogP contribution in [-0.2, 0) is 12.3 Å². The number of carbonyl (C=O) groups excluding carboxylic acids is 1. The summed E-state index contributed by atoms with van der Waals surface area (Å²) in [5.41, 5.74) is -3.79. The summed E-state index contributed by atoms with van der Waals surface area (Å²) in [6.45, 7) is 0.572. The molecule has 1 atom stereocenters. The quantitative estimate of drug-likeness (QED) is 0.413. The average molecular weight is 449 g/mol. The maximum absolute atomic E-state index is 14.7. The van der Waals surface area contributed by atoms with Crippen molar-refractivity contribution in [2.75, 3.05) is 6.61 Å². The highest BCUT2D eigenvalue weighted by molar-refractivity contribution is 5.94. The van der Waals surface area contributed by atoms with Gasteiger partial charge < -0.3 is 15.6 Å². The molecule has 0 spiro atoms. The van der Waals surface area contributed by atoms with Crippen LogP contribution in [0, 0.1) is 10.6 Å². The number of rotatable bonds is 5. The number of carbonyl (C=O) groups is 1. The molecule has 0 aromatic carbocycles. The van der Waals surface area contributed by atoms with E-state index < -0.39 is 53.9 Å². The van der Waals surface area contributed by atoms with E-state index in [9.17, 15) is 37.1 Å². The minimum Gasteiger partial charge on any atom is -0.619 e. The third-order valence-electron chi connectivity index (χ3n) is 5.43. The lowest BCUT2D eigenvalue weighted by Crippen LogP contribution is -2.54. The largest absolute Gasteiger partial charge is 0.619 e. The number of amides is 1. The molecule has 170 valence electrons. The van der Waals surface area contributed by atoms with E-state index in [1.54, 1.807) is 0 Å².